The molecule has 192 valence electrons. The van der Waals surface area contributed by atoms with Gasteiger partial charge in [-0.2, -0.15) is 0 Å². The van der Waals surface area contributed by atoms with Crippen molar-refractivity contribution in [2.45, 2.75) is 58.8 Å². The van der Waals surface area contributed by atoms with Crippen LogP contribution in [-0.4, -0.2) is 30.8 Å². The van der Waals surface area contributed by atoms with Gasteiger partial charge < -0.3 is 14.4 Å². The third kappa shape index (κ3) is 5.10. The summed E-state index contributed by atoms with van der Waals surface area (Å²) in [5.74, 6) is 1.09. The lowest BCUT2D eigenvalue weighted by Crippen LogP contribution is -2.40. The number of nitrogens with zero attached hydrogens (tertiary/aromatic N) is 1. The van der Waals surface area contributed by atoms with Crippen molar-refractivity contribution in [3.05, 3.63) is 88.2 Å². The molecule has 0 aromatic heterocycles. The Morgan fingerprint density at radius 3 is 2.73 bits per heavy atom. The Balaban J connectivity index is 1.22. The molecule has 3 aromatic carbocycles. The van der Waals surface area contributed by atoms with Crippen LogP contribution < -0.4 is 14.4 Å². The summed E-state index contributed by atoms with van der Waals surface area (Å²) in [5, 5.41) is 0. The zero-order valence-electron chi connectivity index (χ0n) is 21.5. The lowest BCUT2D eigenvalue weighted by molar-refractivity contribution is 0.101. The molecule has 2 aliphatic rings. The van der Waals surface area contributed by atoms with Gasteiger partial charge in [0.05, 0.1) is 0 Å². The highest BCUT2D eigenvalue weighted by Crippen LogP contribution is 2.47. The number of ether oxygens (including phenoxy) is 2. The van der Waals surface area contributed by atoms with E-state index in [2.05, 4.69) is 4.90 Å². The Kier molecular flexibility index (Phi) is 7.00. The Hall–Kier alpha value is -3.67. The van der Waals surface area contributed by atoms with Crippen LogP contribution in [0.1, 0.15) is 64.1 Å². The first kappa shape index (κ1) is 25.0. The van der Waals surface area contributed by atoms with Crippen LogP contribution in [0, 0.1) is 18.7 Å². The average Bonchev–Trinajstić information content (AvgIpc) is 3.70. The van der Waals surface area contributed by atoms with Crippen molar-refractivity contribution in [1.29, 1.82) is 0 Å². The summed E-state index contributed by atoms with van der Waals surface area (Å²) >= 11 is 0. The molecule has 1 saturated heterocycles. The van der Waals surface area contributed by atoms with Gasteiger partial charge in [0.2, 0.25) is 0 Å². The van der Waals surface area contributed by atoms with E-state index < -0.39 is 0 Å². The highest BCUT2D eigenvalue weighted by molar-refractivity contribution is 5.96. The highest BCUT2D eigenvalue weighted by atomic mass is 19.1. The zero-order valence-corrected chi connectivity index (χ0v) is 21.5. The molecule has 6 heteroatoms. The number of halogens is 1. The minimum atomic E-state index is -0.377. The summed E-state index contributed by atoms with van der Waals surface area (Å²) in [5.41, 5.74) is 4.70. The number of hydrogen-bond acceptors (Lipinski definition) is 5. The molecule has 1 aliphatic carbocycles. The molecule has 2 fully saturated rings. The SMILES string of the molecule is CCc1c(OCc2ccc(OC3CCN(c4ccc(C)cc4C=O)C4CC34)cc2F)cccc1C(C)=O. The van der Waals surface area contributed by atoms with Crippen LogP contribution in [0.25, 0.3) is 0 Å². The topological polar surface area (TPSA) is 55.8 Å². The van der Waals surface area contributed by atoms with Crippen LogP contribution in [0.15, 0.2) is 54.6 Å². The van der Waals surface area contributed by atoms with E-state index in [9.17, 15) is 14.0 Å². The number of benzene rings is 3. The van der Waals surface area contributed by atoms with Gasteiger partial charge in [0.15, 0.2) is 12.1 Å². The third-order valence-corrected chi connectivity index (χ3v) is 7.52. The quantitative estimate of drug-likeness (QED) is 0.253. The zero-order chi connectivity index (χ0) is 26.1. The predicted molar refractivity (Wildman–Crippen MR) is 141 cm³/mol. The number of Topliss-reactive ketones (excluding diaryl/α,β-unsaturated/α-hetero) is 1. The molecular formula is C31H32FNO4. The Labute approximate surface area is 217 Å². The second-order valence-corrected chi connectivity index (χ2v) is 10.0. The number of rotatable bonds is 9. The van der Waals surface area contributed by atoms with E-state index in [4.69, 9.17) is 9.47 Å². The van der Waals surface area contributed by atoms with Gasteiger partial charge in [-0.25, -0.2) is 4.39 Å². The fourth-order valence-corrected chi connectivity index (χ4v) is 5.52. The molecule has 3 atom stereocenters. The summed E-state index contributed by atoms with van der Waals surface area (Å²) in [4.78, 5) is 25.8. The standard InChI is InChI=1S/C31H32FNO4/c1-4-24-25(20(3)35)6-5-7-30(24)36-18-21-9-10-23(15-27(21)32)37-31-12-13-33(29-16-26(29)31)28-11-8-19(2)14-22(28)17-34/h5-11,14-15,17,26,29,31H,4,12-13,16,18H2,1-3H3. The van der Waals surface area contributed by atoms with E-state index >= 15 is 0 Å². The molecule has 0 N–H and O–H groups in total. The van der Waals surface area contributed by atoms with Gasteiger partial charge >= 0.3 is 0 Å². The van der Waals surface area contributed by atoms with Gasteiger partial charge in [0.25, 0.3) is 0 Å². The van der Waals surface area contributed by atoms with Crippen LogP contribution in [0.3, 0.4) is 0 Å². The monoisotopic (exact) mass is 501 g/mol. The summed E-state index contributed by atoms with van der Waals surface area (Å²) in [6, 6.07) is 16.7. The van der Waals surface area contributed by atoms with Crippen molar-refractivity contribution < 1.29 is 23.5 Å². The highest BCUT2D eigenvalue weighted by Gasteiger charge is 2.51. The number of fused-ring (bicyclic) bond motifs is 1. The number of aldehydes is 1. The lowest BCUT2D eigenvalue weighted by Gasteiger charge is -2.34. The molecule has 5 rings (SSSR count). The van der Waals surface area contributed by atoms with Crippen molar-refractivity contribution >= 4 is 17.8 Å². The molecule has 3 aromatic rings. The first-order chi connectivity index (χ1) is 17.9. The summed E-state index contributed by atoms with van der Waals surface area (Å²) in [7, 11) is 0. The second-order valence-electron chi connectivity index (χ2n) is 10.0. The normalized spacial score (nSPS) is 20.2. The van der Waals surface area contributed by atoms with Crippen LogP contribution >= 0.6 is 0 Å². The molecule has 0 amide bonds. The van der Waals surface area contributed by atoms with Crippen molar-refractivity contribution in [3.8, 4) is 11.5 Å². The number of aryl methyl sites for hydroxylation is 1. The van der Waals surface area contributed by atoms with Crippen molar-refractivity contribution in [2.24, 2.45) is 5.92 Å². The van der Waals surface area contributed by atoms with Gasteiger partial charge in [-0.1, -0.05) is 30.7 Å². The maximum Gasteiger partial charge on any atom is 0.160 e. The minimum Gasteiger partial charge on any atom is -0.490 e. The van der Waals surface area contributed by atoms with E-state index in [1.54, 1.807) is 24.3 Å². The molecule has 1 aliphatic heterocycles. The summed E-state index contributed by atoms with van der Waals surface area (Å²) < 4.78 is 27.1. The lowest BCUT2D eigenvalue weighted by atomic mass is 10.0. The van der Waals surface area contributed by atoms with E-state index in [1.165, 1.54) is 13.0 Å². The maximum atomic E-state index is 14.9. The molecular weight excluding hydrogens is 469 g/mol. The molecule has 0 bridgehead atoms. The number of piperidine rings is 1. The number of ketones is 1. The Bertz CT molecular complexity index is 1340. The summed E-state index contributed by atoms with van der Waals surface area (Å²) in [6.07, 6.45) is 3.42. The molecule has 5 nitrogen and oxygen atoms in total. The number of carbonyl (C=O) groups excluding carboxylic acids is 2. The number of carbonyl (C=O) groups is 2. The second kappa shape index (κ2) is 10.4. The van der Waals surface area contributed by atoms with Crippen LogP contribution in [0.5, 0.6) is 11.5 Å². The fourth-order valence-electron chi connectivity index (χ4n) is 5.52. The van der Waals surface area contributed by atoms with Crippen molar-refractivity contribution in [1.82, 2.24) is 0 Å². The van der Waals surface area contributed by atoms with Gasteiger partial charge in [0.1, 0.15) is 30.0 Å². The molecule has 1 heterocycles. The summed E-state index contributed by atoms with van der Waals surface area (Å²) in [6.45, 7) is 6.36. The van der Waals surface area contributed by atoms with Crippen LogP contribution in [-0.2, 0) is 13.0 Å². The number of hydrogen-bond donors (Lipinski definition) is 0. The minimum absolute atomic E-state index is 0.0123. The van der Waals surface area contributed by atoms with Gasteiger partial charge in [-0.3, -0.25) is 9.59 Å². The largest absolute Gasteiger partial charge is 0.490 e. The first-order valence-electron chi connectivity index (χ1n) is 12.9. The fraction of sp³-hybridized carbons (Fsp3) is 0.355. The van der Waals surface area contributed by atoms with Gasteiger partial charge in [0, 0.05) is 58.9 Å². The molecule has 0 radical (unpaired) electrons. The maximum absolute atomic E-state index is 14.9. The average molecular weight is 502 g/mol. The molecule has 1 saturated carbocycles. The smallest absolute Gasteiger partial charge is 0.160 e. The molecule has 3 unspecified atom stereocenters. The molecule has 0 spiro atoms. The molecule has 37 heavy (non-hydrogen) atoms. The predicted octanol–water partition coefficient (Wildman–Crippen LogP) is 6.34. The van der Waals surface area contributed by atoms with E-state index in [0.29, 0.717) is 41.0 Å². The first-order valence-corrected chi connectivity index (χ1v) is 12.9. The van der Waals surface area contributed by atoms with Crippen molar-refractivity contribution in [3.63, 3.8) is 0 Å². The van der Waals surface area contributed by atoms with Gasteiger partial charge in [-0.05, 0) is 57.0 Å². The van der Waals surface area contributed by atoms with Crippen LogP contribution in [0.4, 0.5) is 10.1 Å². The Morgan fingerprint density at radius 2 is 2.00 bits per heavy atom. The van der Waals surface area contributed by atoms with Crippen molar-refractivity contribution in [2.75, 3.05) is 11.4 Å². The van der Waals surface area contributed by atoms with E-state index in [-0.39, 0.29) is 24.3 Å². The third-order valence-electron chi connectivity index (χ3n) is 7.52. The Morgan fingerprint density at radius 1 is 1.16 bits per heavy atom. The van der Waals surface area contributed by atoms with E-state index in [1.807, 2.05) is 38.1 Å². The van der Waals surface area contributed by atoms with Gasteiger partial charge in [-0.15, -0.1) is 0 Å². The van der Waals surface area contributed by atoms with Crippen LogP contribution in [0.2, 0.25) is 0 Å². The van der Waals surface area contributed by atoms with E-state index in [0.717, 1.165) is 48.1 Å². The number of anilines is 1.